The van der Waals surface area contributed by atoms with Crippen LogP contribution in [-0.4, -0.2) is 30.6 Å². The third kappa shape index (κ3) is 4.56. The smallest absolute Gasteiger partial charge is 0.267 e. The van der Waals surface area contributed by atoms with Gasteiger partial charge in [-0.05, 0) is 37.1 Å². The van der Waals surface area contributed by atoms with E-state index in [9.17, 15) is 9.18 Å². The predicted molar refractivity (Wildman–Crippen MR) is 80.9 cm³/mol. The Balaban J connectivity index is 1.77. The number of aromatic nitrogens is 1. The monoisotopic (exact) mass is 292 g/mol. The van der Waals surface area contributed by atoms with E-state index in [4.69, 9.17) is 4.74 Å². The van der Waals surface area contributed by atoms with Gasteiger partial charge in [-0.1, -0.05) is 13.3 Å². The minimum atomic E-state index is -0.308. The largest absolute Gasteiger partial charge is 0.381 e. The van der Waals surface area contributed by atoms with Gasteiger partial charge in [0.25, 0.3) is 5.91 Å². The standard InChI is InChI=1S/C16H21FN2O2/c1-2-3-8-21-9-4-7-18-16(20)15-11-12-10-13(17)5-6-14(12)19-15/h5-6,10-11,19H,2-4,7-9H2,1H3,(H,18,20). The van der Waals surface area contributed by atoms with Crippen LogP contribution in [0.4, 0.5) is 4.39 Å². The quantitative estimate of drug-likeness (QED) is 0.734. The van der Waals surface area contributed by atoms with Gasteiger partial charge in [-0.25, -0.2) is 4.39 Å². The molecule has 0 saturated carbocycles. The number of halogens is 1. The van der Waals surface area contributed by atoms with Crippen LogP contribution in [0.1, 0.15) is 36.7 Å². The molecule has 1 aromatic carbocycles. The summed E-state index contributed by atoms with van der Waals surface area (Å²) in [6.07, 6.45) is 2.97. The maximum atomic E-state index is 13.1. The van der Waals surface area contributed by atoms with Gasteiger partial charge in [0.05, 0.1) is 0 Å². The van der Waals surface area contributed by atoms with Crippen LogP contribution in [-0.2, 0) is 4.74 Å². The molecule has 0 aliphatic carbocycles. The predicted octanol–water partition coefficient (Wildman–Crippen LogP) is 3.24. The molecular formula is C16H21FN2O2. The molecule has 0 saturated heterocycles. The highest BCUT2D eigenvalue weighted by atomic mass is 19.1. The second-order valence-electron chi connectivity index (χ2n) is 4.99. The summed E-state index contributed by atoms with van der Waals surface area (Å²) in [7, 11) is 0. The summed E-state index contributed by atoms with van der Waals surface area (Å²) in [5, 5.41) is 3.52. The molecule has 0 spiro atoms. The van der Waals surface area contributed by atoms with E-state index in [1.54, 1.807) is 12.1 Å². The van der Waals surface area contributed by atoms with Crippen LogP contribution >= 0.6 is 0 Å². The zero-order chi connectivity index (χ0) is 15.1. The van der Waals surface area contributed by atoms with E-state index in [0.717, 1.165) is 31.4 Å². The first-order valence-electron chi connectivity index (χ1n) is 7.35. The number of carbonyl (C=O) groups excluding carboxylic acids is 1. The molecule has 0 bridgehead atoms. The Labute approximate surface area is 123 Å². The highest BCUT2D eigenvalue weighted by Gasteiger charge is 2.09. The lowest BCUT2D eigenvalue weighted by atomic mass is 10.2. The van der Waals surface area contributed by atoms with Crippen molar-refractivity contribution in [2.24, 2.45) is 0 Å². The van der Waals surface area contributed by atoms with Crippen molar-refractivity contribution in [3.8, 4) is 0 Å². The lowest BCUT2D eigenvalue weighted by Gasteiger charge is -2.04. The van der Waals surface area contributed by atoms with E-state index < -0.39 is 0 Å². The first kappa shape index (κ1) is 15.5. The highest BCUT2D eigenvalue weighted by molar-refractivity contribution is 5.97. The van der Waals surface area contributed by atoms with E-state index >= 15 is 0 Å². The zero-order valence-corrected chi connectivity index (χ0v) is 12.2. The molecule has 0 aliphatic rings. The van der Waals surface area contributed by atoms with Gasteiger partial charge in [-0.3, -0.25) is 4.79 Å². The molecule has 2 rings (SSSR count). The van der Waals surface area contributed by atoms with Gasteiger partial charge in [0.1, 0.15) is 11.5 Å². The van der Waals surface area contributed by atoms with Crippen molar-refractivity contribution >= 4 is 16.8 Å². The van der Waals surface area contributed by atoms with E-state index in [1.807, 2.05) is 0 Å². The number of aromatic amines is 1. The second kappa shape index (κ2) is 7.78. The fourth-order valence-electron chi connectivity index (χ4n) is 2.05. The number of amides is 1. The van der Waals surface area contributed by atoms with Crippen LogP contribution in [0.2, 0.25) is 0 Å². The molecule has 1 heterocycles. The molecule has 2 aromatic rings. The van der Waals surface area contributed by atoms with E-state index in [-0.39, 0.29) is 11.7 Å². The SMILES string of the molecule is CCCCOCCCNC(=O)c1cc2cc(F)ccc2[nH]1. The van der Waals surface area contributed by atoms with Crippen molar-refractivity contribution in [3.05, 3.63) is 35.8 Å². The molecule has 1 amide bonds. The normalized spacial score (nSPS) is 11.0. The molecule has 0 unspecified atom stereocenters. The van der Waals surface area contributed by atoms with Crippen molar-refractivity contribution in [1.82, 2.24) is 10.3 Å². The molecule has 0 atom stereocenters. The van der Waals surface area contributed by atoms with Crippen LogP contribution in [0.5, 0.6) is 0 Å². The Hall–Kier alpha value is -1.88. The molecular weight excluding hydrogens is 271 g/mol. The summed E-state index contributed by atoms with van der Waals surface area (Å²) in [5.41, 5.74) is 1.20. The Morgan fingerprint density at radius 3 is 2.90 bits per heavy atom. The summed E-state index contributed by atoms with van der Waals surface area (Å²) >= 11 is 0. The number of fused-ring (bicyclic) bond motifs is 1. The summed E-state index contributed by atoms with van der Waals surface area (Å²) in [5.74, 6) is -0.488. The first-order valence-corrected chi connectivity index (χ1v) is 7.35. The summed E-state index contributed by atoms with van der Waals surface area (Å²) in [6.45, 7) is 4.11. The van der Waals surface area contributed by atoms with Crippen LogP contribution in [0, 0.1) is 5.82 Å². The molecule has 2 N–H and O–H groups in total. The minimum Gasteiger partial charge on any atom is -0.381 e. The fraction of sp³-hybridized carbons (Fsp3) is 0.438. The van der Waals surface area contributed by atoms with Gasteiger partial charge in [-0.15, -0.1) is 0 Å². The zero-order valence-electron chi connectivity index (χ0n) is 12.2. The van der Waals surface area contributed by atoms with Crippen molar-refractivity contribution in [2.75, 3.05) is 19.8 Å². The fourth-order valence-corrected chi connectivity index (χ4v) is 2.05. The molecule has 114 valence electrons. The Morgan fingerprint density at radius 2 is 2.10 bits per heavy atom. The Morgan fingerprint density at radius 1 is 1.29 bits per heavy atom. The second-order valence-corrected chi connectivity index (χ2v) is 4.99. The number of ether oxygens (including phenoxy) is 1. The van der Waals surface area contributed by atoms with Crippen molar-refractivity contribution in [2.45, 2.75) is 26.2 Å². The van der Waals surface area contributed by atoms with Crippen molar-refractivity contribution in [3.63, 3.8) is 0 Å². The minimum absolute atomic E-state index is 0.180. The highest BCUT2D eigenvalue weighted by Crippen LogP contribution is 2.16. The van der Waals surface area contributed by atoms with E-state index in [0.29, 0.717) is 24.2 Å². The number of benzene rings is 1. The van der Waals surface area contributed by atoms with Gasteiger partial charge in [-0.2, -0.15) is 0 Å². The number of hydrogen-bond acceptors (Lipinski definition) is 2. The third-order valence-electron chi connectivity index (χ3n) is 3.22. The molecule has 5 heteroatoms. The first-order chi connectivity index (χ1) is 10.2. The van der Waals surface area contributed by atoms with E-state index in [2.05, 4.69) is 17.2 Å². The molecule has 1 aromatic heterocycles. The van der Waals surface area contributed by atoms with Crippen molar-refractivity contribution in [1.29, 1.82) is 0 Å². The summed E-state index contributed by atoms with van der Waals surface area (Å²) in [6, 6.07) is 6.06. The maximum Gasteiger partial charge on any atom is 0.267 e. The molecule has 0 fully saturated rings. The number of hydrogen-bond donors (Lipinski definition) is 2. The number of H-pyrrole nitrogens is 1. The van der Waals surface area contributed by atoms with Gasteiger partial charge in [0.2, 0.25) is 0 Å². The van der Waals surface area contributed by atoms with Gasteiger partial charge in [0.15, 0.2) is 0 Å². The Kier molecular flexibility index (Phi) is 5.75. The van der Waals surface area contributed by atoms with Gasteiger partial charge in [0, 0.05) is 30.7 Å². The van der Waals surface area contributed by atoms with Crippen LogP contribution in [0.3, 0.4) is 0 Å². The topological polar surface area (TPSA) is 54.1 Å². The number of nitrogens with one attached hydrogen (secondary N) is 2. The molecule has 21 heavy (non-hydrogen) atoms. The van der Waals surface area contributed by atoms with Crippen LogP contribution in [0.15, 0.2) is 24.3 Å². The average Bonchev–Trinajstić information content (AvgIpc) is 2.89. The van der Waals surface area contributed by atoms with Crippen molar-refractivity contribution < 1.29 is 13.9 Å². The number of rotatable bonds is 8. The lowest BCUT2D eigenvalue weighted by molar-refractivity contribution is 0.0936. The average molecular weight is 292 g/mol. The maximum absolute atomic E-state index is 13.1. The molecule has 4 nitrogen and oxygen atoms in total. The van der Waals surface area contributed by atoms with Gasteiger partial charge >= 0.3 is 0 Å². The van der Waals surface area contributed by atoms with Crippen LogP contribution < -0.4 is 5.32 Å². The third-order valence-corrected chi connectivity index (χ3v) is 3.22. The number of unbranched alkanes of at least 4 members (excludes halogenated alkanes) is 1. The van der Waals surface area contributed by atoms with Gasteiger partial charge < -0.3 is 15.0 Å². The Bertz CT molecular complexity index is 595. The summed E-state index contributed by atoms with van der Waals surface area (Å²) in [4.78, 5) is 14.9. The summed E-state index contributed by atoms with van der Waals surface area (Å²) < 4.78 is 18.5. The van der Waals surface area contributed by atoms with E-state index in [1.165, 1.54) is 12.1 Å². The number of carbonyl (C=O) groups is 1. The molecule has 0 radical (unpaired) electrons. The van der Waals surface area contributed by atoms with Crippen LogP contribution in [0.25, 0.3) is 10.9 Å². The molecule has 0 aliphatic heterocycles. The lowest BCUT2D eigenvalue weighted by Crippen LogP contribution is -2.25.